The molecule has 0 bridgehead atoms. The van der Waals surface area contributed by atoms with Crippen LogP contribution in [0.15, 0.2) is 107 Å². The summed E-state index contributed by atoms with van der Waals surface area (Å²) in [6.45, 7) is 16.8. The average Bonchev–Trinajstić information content (AvgIpc) is 3.36. The van der Waals surface area contributed by atoms with Gasteiger partial charge in [-0.3, -0.25) is 9.98 Å². The summed E-state index contributed by atoms with van der Waals surface area (Å²) in [5, 5.41) is 0. The second-order valence-corrected chi connectivity index (χ2v) is 17.7. The first kappa shape index (κ1) is 60.2. The van der Waals surface area contributed by atoms with Gasteiger partial charge in [0.1, 0.15) is 11.5 Å². The van der Waals surface area contributed by atoms with Crippen LogP contribution in [0, 0.1) is 0 Å². The lowest BCUT2D eigenvalue weighted by molar-refractivity contribution is 0.304. The number of nitrogens with zero attached hydrogens (tertiary/aromatic N) is 2. The van der Waals surface area contributed by atoms with E-state index in [0.717, 1.165) is 72.2 Å². The molecule has 0 aliphatic carbocycles. The summed E-state index contributed by atoms with van der Waals surface area (Å²) in [6.07, 6.45) is 36.3. The Morgan fingerprint density at radius 2 is 0.682 bits per heavy atom. The van der Waals surface area contributed by atoms with Gasteiger partial charge in [0.15, 0.2) is 0 Å². The van der Waals surface area contributed by atoms with E-state index in [9.17, 15) is 0 Å². The van der Waals surface area contributed by atoms with Crippen molar-refractivity contribution < 1.29 is 9.47 Å². The fraction of sp³-hybridized carbons (Fsp3) is 0.574. The lowest BCUT2D eigenvalue weighted by atomic mass is 10.0. The highest BCUT2D eigenvalue weighted by atomic mass is 32.1. The van der Waals surface area contributed by atoms with Crippen LogP contribution >= 0.6 is 12.6 Å². The first-order chi connectivity index (χ1) is 32.5. The Balaban J connectivity index is 0.000000571. The number of aryl methyl sites for hydroxylation is 2. The van der Waals surface area contributed by atoms with Crippen LogP contribution in [0.5, 0.6) is 11.5 Å². The molecule has 0 saturated heterocycles. The molecule has 0 amide bonds. The van der Waals surface area contributed by atoms with Gasteiger partial charge in [-0.25, -0.2) is 0 Å². The largest absolute Gasteiger partial charge is 0.494 e. The van der Waals surface area contributed by atoms with Crippen LogP contribution in [0.3, 0.4) is 0 Å². The van der Waals surface area contributed by atoms with E-state index >= 15 is 0 Å². The van der Waals surface area contributed by atoms with Crippen molar-refractivity contribution in [3.63, 3.8) is 0 Å². The van der Waals surface area contributed by atoms with Gasteiger partial charge in [0, 0.05) is 12.4 Å². The molecule has 0 radical (unpaired) electrons. The molecule has 0 aromatic heterocycles. The Morgan fingerprint density at radius 3 is 1.03 bits per heavy atom. The zero-order chi connectivity index (χ0) is 48.0. The maximum atomic E-state index is 5.86. The van der Waals surface area contributed by atoms with Crippen LogP contribution in [0.25, 0.3) is 0 Å². The lowest BCUT2D eigenvalue weighted by Crippen LogP contribution is -1.97. The molecule has 0 heterocycles. The third kappa shape index (κ3) is 33.6. The van der Waals surface area contributed by atoms with E-state index < -0.39 is 0 Å². The molecular formula is C61H96N2O2S. The Morgan fingerprint density at radius 1 is 0.364 bits per heavy atom. The van der Waals surface area contributed by atoms with Crippen molar-refractivity contribution in [2.75, 3.05) is 19.0 Å². The zero-order valence-electron chi connectivity index (χ0n) is 43.3. The minimum absolute atomic E-state index is 0.787. The van der Waals surface area contributed by atoms with Gasteiger partial charge in [0.2, 0.25) is 0 Å². The number of aliphatic imine (C=N–C) groups is 2. The summed E-state index contributed by atoms with van der Waals surface area (Å²) in [5.74, 6) is 2.93. The van der Waals surface area contributed by atoms with Gasteiger partial charge in [0.25, 0.3) is 0 Å². The molecule has 4 nitrogen and oxygen atoms in total. The molecule has 0 unspecified atom stereocenters. The van der Waals surface area contributed by atoms with E-state index in [2.05, 4.69) is 130 Å². The van der Waals surface area contributed by atoms with Crippen LogP contribution in [-0.2, 0) is 12.8 Å². The normalized spacial score (nSPS) is 10.8. The predicted molar refractivity (Wildman–Crippen MR) is 298 cm³/mol. The first-order valence-corrected chi connectivity index (χ1v) is 27.5. The van der Waals surface area contributed by atoms with Crippen LogP contribution in [0.2, 0.25) is 0 Å². The second kappa shape index (κ2) is 45.0. The van der Waals surface area contributed by atoms with Crippen LogP contribution < -0.4 is 9.47 Å². The third-order valence-electron chi connectivity index (χ3n) is 11.3. The molecule has 66 heavy (non-hydrogen) atoms. The fourth-order valence-electron chi connectivity index (χ4n) is 7.08. The summed E-state index contributed by atoms with van der Waals surface area (Å²) in [5.41, 5.74) is 7.04. The summed E-state index contributed by atoms with van der Waals surface area (Å²) in [7, 11) is 0. The van der Waals surface area contributed by atoms with Crippen molar-refractivity contribution in [3.8, 4) is 11.5 Å². The van der Waals surface area contributed by atoms with Gasteiger partial charge in [0.05, 0.1) is 24.6 Å². The SMILES string of the molecule is CC.CCCCCCCCOc1ccc(C=Nc2ccc(CCCCCCCC)cc2)cc1.CCCCCCCCc1ccc(N=Cc2ccc(OCCCC)cc2)cc1.CCCCCS. The Hall–Kier alpha value is -3.83. The Bertz CT molecular complexity index is 1660. The van der Waals surface area contributed by atoms with Gasteiger partial charge >= 0.3 is 0 Å². The van der Waals surface area contributed by atoms with Crippen LogP contribution in [0.4, 0.5) is 11.4 Å². The standard InChI is InChI=1S/C29H43NO.C25H35NO.C5H12S.C2H6/c1-3-5-7-9-11-13-15-26-16-20-28(21-17-26)30-25-27-18-22-29(23-19-27)31-24-14-12-10-8-6-4-2;1-3-5-7-8-9-10-11-22-12-16-24(17-13-22)26-21-23-14-18-25(19-15-23)27-20-6-4-2;1-2-3-4-5-6;1-2/h16-23,25H,3-15,24H2,1-2H3;12-19,21H,3-11,20H2,1-2H3;6H,2-5H2,1H3;1-2H3. The smallest absolute Gasteiger partial charge is 0.119 e. The maximum absolute atomic E-state index is 5.86. The molecule has 4 rings (SSSR count). The van der Waals surface area contributed by atoms with Crippen molar-refractivity contribution in [3.05, 3.63) is 119 Å². The monoisotopic (exact) mass is 921 g/mol. The topological polar surface area (TPSA) is 43.2 Å². The van der Waals surface area contributed by atoms with Crippen molar-refractivity contribution in [2.45, 2.75) is 209 Å². The third-order valence-corrected chi connectivity index (χ3v) is 11.6. The van der Waals surface area contributed by atoms with Crippen LogP contribution in [0.1, 0.15) is 218 Å². The number of hydrogen-bond donors (Lipinski definition) is 1. The maximum Gasteiger partial charge on any atom is 0.119 e. The highest BCUT2D eigenvalue weighted by molar-refractivity contribution is 7.80. The molecule has 368 valence electrons. The molecule has 0 aliphatic heterocycles. The number of unbranched alkanes of at least 4 members (excludes halogenated alkanes) is 18. The fourth-order valence-corrected chi connectivity index (χ4v) is 7.31. The molecule has 0 aliphatic rings. The minimum atomic E-state index is 0.787. The summed E-state index contributed by atoms with van der Waals surface area (Å²) >= 11 is 4.05. The van der Waals surface area contributed by atoms with Crippen molar-refractivity contribution in [1.82, 2.24) is 0 Å². The highest BCUT2D eigenvalue weighted by Crippen LogP contribution is 2.19. The molecule has 0 fully saturated rings. The summed E-state index contributed by atoms with van der Waals surface area (Å²) < 4.78 is 11.6. The summed E-state index contributed by atoms with van der Waals surface area (Å²) in [6, 6.07) is 33.7. The zero-order valence-corrected chi connectivity index (χ0v) is 44.2. The van der Waals surface area contributed by atoms with Crippen molar-refractivity contribution in [2.24, 2.45) is 9.98 Å². The van der Waals surface area contributed by atoms with Crippen molar-refractivity contribution >= 4 is 36.4 Å². The molecule has 5 heteroatoms. The molecule has 0 N–H and O–H groups in total. The van der Waals surface area contributed by atoms with Gasteiger partial charge in [-0.2, -0.15) is 12.6 Å². The van der Waals surface area contributed by atoms with Crippen LogP contribution in [-0.4, -0.2) is 31.4 Å². The van der Waals surface area contributed by atoms with E-state index in [1.807, 2.05) is 50.5 Å². The van der Waals surface area contributed by atoms with Crippen molar-refractivity contribution in [1.29, 1.82) is 0 Å². The number of rotatable bonds is 33. The minimum Gasteiger partial charge on any atom is -0.494 e. The number of ether oxygens (including phenoxy) is 2. The van der Waals surface area contributed by atoms with Gasteiger partial charge in [-0.1, -0.05) is 188 Å². The molecule has 4 aromatic carbocycles. The van der Waals surface area contributed by atoms with Gasteiger partial charge in [-0.15, -0.1) is 0 Å². The van der Waals surface area contributed by atoms with Gasteiger partial charge < -0.3 is 9.47 Å². The van der Waals surface area contributed by atoms with E-state index in [1.165, 1.54) is 152 Å². The van der Waals surface area contributed by atoms with E-state index in [1.54, 1.807) is 0 Å². The molecule has 0 atom stereocenters. The van der Waals surface area contributed by atoms with E-state index in [-0.39, 0.29) is 0 Å². The molecule has 0 spiro atoms. The predicted octanol–water partition coefficient (Wildman–Crippen LogP) is 19.7. The number of hydrogen-bond acceptors (Lipinski definition) is 5. The lowest BCUT2D eigenvalue weighted by Gasteiger charge is -2.06. The molecule has 0 saturated carbocycles. The number of benzene rings is 4. The number of thiol groups is 1. The quantitative estimate of drug-likeness (QED) is 0.0294. The van der Waals surface area contributed by atoms with E-state index in [0.29, 0.717) is 0 Å². The Labute approximate surface area is 412 Å². The molecule has 4 aromatic rings. The Kier molecular flexibility index (Phi) is 41.0. The average molecular weight is 922 g/mol. The second-order valence-electron chi connectivity index (χ2n) is 17.3. The molecular weight excluding hydrogens is 825 g/mol. The van der Waals surface area contributed by atoms with Gasteiger partial charge in [-0.05, 0) is 146 Å². The highest BCUT2D eigenvalue weighted by Gasteiger charge is 2.00. The van der Waals surface area contributed by atoms with E-state index in [4.69, 9.17) is 9.47 Å². The summed E-state index contributed by atoms with van der Waals surface area (Å²) in [4.78, 5) is 9.21. The first-order valence-electron chi connectivity index (χ1n) is 26.9.